The van der Waals surface area contributed by atoms with Crippen LogP contribution in [-0.2, 0) is 4.74 Å². The average Bonchev–Trinajstić information content (AvgIpc) is 2.84. The Labute approximate surface area is 126 Å². The molecule has 1 aromatic carbocycles. The van der Waals surface area contributed by atoms with Crippen LogP contribution in [0, 0.1) is 6.92 Å². The molecule has 2 aliphatic rings. The molecule has 0 N–H and O–H groups in total. The van der Waals surface area contributed by atoms with Crippen LogP contribution in [0.4, 0.5) is 0 Å². The minimum Gasteiger partial charge on any atom is -0.375 e. The second kappa shape index (κ2) is 5.13. The largest absolute Gasteiger partial charge is 0.375 e. The van der Waals surface area contributed by atoms with Crippen molar-refractivity contribution in [1.82, 2.24) is 9.55 Å². The number of nitrogens with zero attached hydrogens (tertiary/aromatic N) is 2. The number of ether oxygens (including phenoxy) is 1. The highest BCUT2D eigenvalue weighted by Crippen LogP contribution is 2.43. The van der Waals surface area contributed by atoms with Crippen molar-refractivity contribution in [2.24, 2.45) is 0 Å². The van der Waals surface area contributed by atoms with Gasteiger partial charge in [0.1, 0.15) is 5.82 Å². The van der Waals surface area contributed by atoms with E-state index in [1.54, 1.807) is 0 Å². The smallest absolute Gasteiger partial charge is 0.106 e. The van der Waals surface area contributed by atoms with Crippen molar-refractivity contribution in [2.75, 3.05) is 6.61 Å². The molecular weight excluding hydrogens is 260 g/mol. The third kappa shape index (κ3) is 2.28. The first-order valence-electron chi connectivity index (χ1n) is 8.35. The Balaban J connectivity index is 1.69. The third-order valence-corrected chi connectivity index (χ3v) is 5.37. The molecule has 0 radical (unpaired) electrons. The van der Waals surface area contributed by atoms with Crippen LogP contribution in [0.1, 0.15) is 56.8 Å². The predicted octanol–water partition coefficient (Wildman–Crippen LogP) is 4.40. The van der Waals surface area contributed by atoms with Gasteiger partial charge in [0.2, 0.25) is 0 Å². The van der Waals surface area contributed by atoms with Crippen molar-refractivity contribution < 1.29 is 4.74 Å². The molecular formula is C18H24N2O. The van der Waals surface area contributed by atoms with Gasteiger partial charge in [0.15, 0.2) is 0 Å². The highest BCUT2D eigenvalue weighted by atomic mass is 16.5. The van der Waals surface area contributed by atoms with Gasteiger partial charge in [0.25, 0.3) is 0 Å². The Morgan fingerprint density at radius 1 is 1.19 bits per heavy atom. The summed E-state index contributed by atoms with van der Waals surface area (Å²) in [5, 5.41) is 0. The van der Waals surface area contributed by atoms with Gasteiger partial charge in [0, 0.05) is 12.6 Å². The van der Waals surface area contributed by atoms with Gasteiger partial charge in [-0.05, 0) is 44.7 Å². The number of rotatable bonds is 1. The number of hydrogen-bond acceptors (Lipinski definition) is 2. The molecule has 2 aromatic rings. The number of aromatic nitrogens is 2. The summed E-state index contributed by atoms with van der Waals surface area (Å²) < 4.78 is 8.72. The molecule has 1 aliphatic carbocycles. The molecule has 112 valence electrons. The fraction of sp³-hybridized carbons (Fsp3) is 0.611. The molecule has 1 spiro atoms. The Hall–Kier alpha value is -1.35. The molecule has 1 saturated carbocycles. The van der Waals surface area contributed by atoms with Gasteiger partial charge in [-0.25, -0.2) is 4.98 Å². The van der Waals surface area contributed by atoms with Gasteiger partial charge in [-0.15, -0.1) is 0 Å². The molecule has 3 nitrogen and oxygen atoms in total. The van der Waals surface area contributed by atoms with E-state index in [4.69, 9.17) is 9.72 Å². The molecule has 1 aliphatic heterocycles. The summed E-state index contributed by atoms with van der Waals surface area (Å²) in [5.74, 6) is 1.15. The number of benzene rings is 1. The van der Waals surface area contributed by atoms with Gasteiger partial charge in [-0.3, -0.25) is 0 Å². The molecule has 0 bridgehead atoms. The fourth-order valence-corrected chi connectivity index (χ4v) is 4.39. The maximum absolute atomic E-state index is 6.25. The molecule has 1 saturated heterocycles. The maximum atomic E-state index is 6.25. The quantitative estimate of drug-likeness (QED) is 0.776. The van der Waals surface area contributed by atoms with Crippen molar-refractivity contribution in [2.45, 2.75) is 63.5 Å². The zero-order valence-electron chi connectivity index (χ0n) is 12.8. The van der Waals surface area contributed by atoms with Crippen LogP contribution < -0.4 is 0 Å². The summed E-state index contributed by atoms with van der Waals surface area (Å²) in [5.41, 5.74) is 2.56. The molecule has 3 heteroatoms. The van der Waals surface area contributed by atoms with Crippen LogP contribution in [0.5, 0.6) is 0 Å². The topological polar surface area (TPSA) is 27.1 Å². The summed E-state index contributed by atoms with van der Waals surface area (Å²) >= 11 is 0. The Bertz CT molecular complexity index is 634. The van der Waals surface area contributed by atoms with Gasteiger partial charge >= 0.3 is 0 Å². The first kappa shape index (κ1) is 13.3. The van der Waals surface area contributed by atoms with E-state index in [-0.39, 0.29) is 5.60 Å². The van der Waals surface area contributed by atoms with E-state index in [0.717, 1.165) is 30.8 Å². The summed E-state index contributed by atoms with van der Waals surface area (Å²) in [7, 11) is 0. The summed E-state index contributed by atoms with van der Waals surface area (Å²) in [6.45, 7) is 3.04. The SMILES string of the molecule is Cc1nc2ccccc2n1C1CCOC2(CCCCC2)C1. The van der Waals surface area contributed by atoms with Crippen molar-refractivity contribution >= 4 is 11.0 Å². The summed E-state index contributed by atoms with van der Waals surface area (Å²) in [4.78, 5) is 4.74. The molecule has 0 amide bonds. The molecule has 2 heterocycles. The molecule has 1 atom stereocenters. The Morgan fingerprint density at radius 2 is 2.00 bits per heavy atom. The summed E-state index contributed by atoms with van der Waals surface area (Å²) in [6.07, 6.45) is 8.80. The van der Waals surface area contributed by atoms with Gasteiger partial charge in [0.05, 0.1) is 16.6 Å². The van der Waals surface area contributed by atoms with Crippen LogP contribution in [0.3, 0.4) is 0 Å². The fourth-order valence-electron chi connectivity index (χ4n) is 4.39. The van der Waals surface area contributed by atoms with E-state index in [1.165, 1.54) is 37.6 Å². The van der Waals surface area contributed by atoms with E-state index in [0.29, 0.717) is 6.04 Å². The molecule has 1 aromatic heterocycles. The lowest BCUT2D eigenvalue weighted by Crippen LogP contribution is -2.42. The molecule has 4 rings (SSSR count). The van der Waals surface area contributed by atoms with Gasteiger partial charge in [-0.2, -0.15) is 0 Å². The number of fused-ring (bicyclic) bond motifs is 1. The number of imidazole rings is 1. The van der Waals surface area contributed by atoms with Crippen molar-refractivity contribution in [3.8, 4) is 0 Å². The predicted molar refractivity (Wildman–Crippen MR) is 84.5 cm³/mol. The Morgan fingerprint density at radius 3 is 2.86 bits per heavy atom. The molecule has 21 heavy (non-hydrogen) atoms. The lowest BCUT2D eigenvalue weighted by atomic mass is 9.78. The minimum absolute atomic E-state index is 0.152. The standard InChI is InChI=1S/C18H24N2O/c1-14-19-16-7-3-4-8-17(16)20(14)15-9-12-21-18(13-15)10-5-2-6-11-18/h3-4,7-8,15H,2,5-6,9-13H2,1H3. The zero-order chi connectivity index (χ0) is 14.3. The van der Waals surface area contributed by atoms with E-state index in [9.17, 15) is 0 Å². The van der Waals surface area contributed by atoms with Crippen LogP contribution in [-0.4, -0.2) is 21.8 Å². The second-order valence-electron chi connectivity index (χ2n) is 6.76. The highest BCUT2D eigenvalue weighted by Gasteiger charge is 2.39. The van der Waals surface area contributed by atoms with Crippen LogP contribution >= 0.6 is 0 Å². The van der Waals surface area contributed by atoms with E-state index >= 15 is 0 Å². The van der Waals surface area contributed by atoms with Gasteiger partial charge < -0.3 is 9.30 Å². The first-order chi connectivity index (χ1) is 10.3. The van der Waals surface area contributed by atoms with Crippen molar-refractivity contribution in [3.63, 3.8) is 0 Å². The first-order valence-corrected chi connectivity index (χ1v) is 8.35. The number of aryl methyl sites for hydroxylation is 1. The monoisotopic (exact) mass is 284 g/mol. The normalized spacial score (nSPS) is 25.5. The zero-order valence-corrected chi connectivity index (χ0v) is 12.8. The van der Waals surface area contributed by atoms with Crippen molar-refractivity contribution in [3.05, 3.63) is 30.1 Å². The number of para-hydroxylation sites is 2. The lowest BCUT2D eigenvalue weighted by Gasteiger charge is -2.44. The molecule has 2 fully saturated rings. The van der Waals surface area contributed by atoms with Crippen LogP contribution in [0.2, 0.25) is 0 Å². The van der Waals surface area contributed by atoms with E-state index < -0.39 is 0 Å². The number of hydrogen-bond donors (Lipinski definition) is 0. The highest BCUT2D eigenvalue weighted by molar-refractivity contribution is 5.76. The molecule has 1 unspecified atom stereocenters. The summed E-state index contributed by atoms with van der Waals surface area (Å²) in [6, 6.07) is 9.07. The lowest BCUT2D eigenvalue weighted by molar-refractivity contribution is -0.114. The second-order valence-corrected chi connectivity index (χ2v) is 6.76. The van der Waals surface area contributed by atoms with Crippen LogP contribution in [0.15, 0.2) is 24.3 Å². The van der Waals surface area contributed by atoms with Gasteiger partial charge in [-0.1, -0.05) is 31.4 Å². The van der Waals surface area contributed by atoms with Crippen molar-refractivity contribution in [1.29, 1.82) is 0 Å². The third-order valence-electron chi connectivity index (χ3n) is 5.37. The average molecular weight is 284 g/mol. The minimum atomic E-state index is 0.152. The van der Waals surface area contributed by atoms with E-state index in [2.05, 4.69) is 35.8 Å². The van der Waals surface area contributed by atoms with Crippen LogP contribution in [0.25, 0.3) is 11.0 Å². The Kier molecular flexibility index (Phi) is 3.26. The van der Waals surface area contributed by atoms with E-state index in [1.807, 2.05) is 0 Å². The maximum Gasteiger partial charge on any atom is 0.106 e.